The minimum absolute atomic E-state index is 0.111. The number of rotatable bonds is 5. The number of nitrogens with one attached hydrogen (secondary N) is 1. The van der Waals surface area contributed by atoms with Gasteiger partial charge >= 0.3 is 18.0 Å². The van der Waals surface area contributed by atoms with E-state index in [1.54, 1.807) is 0 Å². The number of benzene rings is 1. The van der Waals surface area contributed by atoms with Crippen molar-refractivity contribution in [1.29, 1.82) is 0 Å². The van der Waals surface area contributed by atoms with Crippen molar-refractivity contribution >= 4 is 11.6 Å². The van der Waals surface area contributed by atoms with Crippen LogP contribution in [-0.4, -0.2) is 30.6 Å². The van der Waals surface area contributed by atoms with Crippen LogP contribution in [0.1, 0.15) is 40.1 Å². The molecule has 1 amide bonds. The quantitative estimate of drug-likeness (QED) is 0.338. The molecule has 0 fully saturated rings. The van der Waals surface area contributed by atoms with Crippen molar-refractivity contribution in [3.05, 3.63) is 75.4 Å². The molecular weight excluding hydrogens is 462 g/mol. The van der Waals surface area contributed by atoms with Gasteiger partial charge < -0.3 is 5.32 Å². The van der Waals surface area contributed by atoms with Crippen LogP contribution < -0.4 is 5.32 Å². The summed E-state index contributed by atoms with van der Waals surface area (Å²) in [4.78, 5) is 30.9. The summed E-state index contributed by atoms with van der Waals surface area (Å²) in [7, 11) is 0. The zero-order valence-electron chi connectivity index (χ0n) is 16.3. The molecule has 2 aromatic heterocycles. The normalized spacial score (nSPS) is 12.9. The second-order valence-corrected chi connectivity index (χ2v) is 6.62. The van der Waals surface area contributed by atoms with E-state index in [1.165, 1.54) is 25.4 Å². The average Bonchev–Trinajstić information content (AvgIpc) is 3.18. The van der Waals surface area contributed by atoms with Crippen LogP contribution in [0.5, 0.6) is 0 Å². The molecule has 3 rings (SSSR count). The van der Waals surface area contributed by atoms with E-state index in [1.807, 2.05) is 0 Å². The van der Waals surface area contributed by atoms with Crippen molar-refractivity contribution in [3.8, 4) is 5.95 Å². The summed E-state index contributed by atoms with van der Waals surface area (Å²) in [6, 6.07) is 0.561. The van der Waals surface area contributed by atoms with Gasteiger partial charge in [0.25, 0.3) is 11.9 Å². The summed E-state index contributed by atoms with van der Waals surface area (Å²) in [6.45, 7) is 1.24. The zero-order chi connectivity index (χ0) is 24.6. The summed E-state index contributed by atoms with van der Waals surface area (Å²) in [5.74, 6) is -1.43. The van der Waals surface area contributed by atoms with Gasteiger partial charge in [-0.3, -0.25) is 14.9 Å². The third-order valence-corrected chi connectivity index (χ3v) is 4.33. The number of carbonyl (C=O) groups excluding carboxylic acids is 1. The average molecular weight is 474 g/mol. The predicted octanol–water partition coefficient (Wildman–Crippen LogP) is 4.10. The van der Waals surface area contributed by atoms with Gasteiger partial charge in [0.15, 0.2) is 0 Å². The van der Waals surface area contributed by atoms with E-state index in [9.17, 15) is 41.3 Å². The van der Waals surface area contributed by atoms with Crippen molar-refractivity contribution in [3.63, 3.8) is 0 Å². The maximum Gasteiger partial charge on any atom is 0.416 e. The van der Waals surface area contributed by atoms with Gasteiger partial charge in [0.05, 0.1) is 22.1 Å². The van der Waals surface area contributed by atoms with Crippen molar-refractivity contribution in [2.45, 2.75) is 25.3 Å². The highest BCUT2D eigenvalue weighted by Gasteiger charge is 2.38. The Bertz CT molecular complexity index is 1160. The zero-order valence-corrected chi connectivity index (χ0v) is 16.3. The molecule has 9 nitrogen and oxygen atoms in total. The molecule has 0 aliphatic heterocycles. The fourth-order valence-electron chi connectivity index (χ4n) is 2.89. The number of nitro groups is 1. The van der Waals surface area contributed by atoms with Crippen LogP contribution >= 0.6 is 0 Å². The molecular formula is C18H12F6N6O3. The van der Waals surface area contributed by atoms with Crippen molar-refractivity contribution in [1.82, 2.24) is 25.1 Å². The van der Waals surface area contributed by atoms with E-state index in [4.69, 9.17) is 0 Å². The first-order valence-corrected chi connectivity index (χ1v) is 8.89. The Morgan fingerprint density at radius 2 is 1.61 bits per heavy atom. The van der Waals surface area contributed by atoms with Crippen LogP contribution in [0, 0.1) is 10.1 Å². The predicted molar refractivity (Wildman–Crippen MR) is 98.1 cm³/mol. The van der Waals surface area contributed by atoms with E-state index < -0.39 is 51.6 Å². The molecule has 0 aliphatic rings. The topological polar surface area (TPSA) is 116 Å². The van der Waals surface area contributed by atoms with Crippen LogP contribution in [0.3, 0.4) is 0 Å². The largest absolute Gasteiger partial charge is 0.416 e. The van der Waals surface area contributed by atoms with Gasteiger partial charge in [-0.15, -0.1) is 0 Å². The summed E-state index contributed by atoms with van der Waals surface area (Å²) >= 11 is 0. The van der Waals surface area contributed by atoms with Crippen molar-refractivity contribution in [2.75, 3.05) is 0 Å². The molecule has 1 N–H and O–H groups in total. The lowest BCUT2D eigenvalue weighted by atomic mass is 10.0. The van der Waals surface area contributed by atoms with Gasteiger partial charge in [-0.05, 0) is 31.2 Å². The third kappa shape index (κ3) is 5.07. The highest BCUT2D eigenvalue weighted by molar-refractivity contribution is 5.95. The lowest BCUT2D eigenvalue weighted by Crippen LogP contribution is -2.29. The van der Waals surface area contributed by atoms with Gasteiger partial charge in [0.2, 0.25) is 0 Å². The second-order valence-electron chi connectivity index (χ2n) is 6.62. The van der Waals surface area contributed by atoms with Crippen LogP contribution in [0.15, 0.2) is 42.9 Å². The number of aromatic nitrogens is 4. The van der Waals surface area contributed by atoms with Gasteiger partial charge in [-0.25, -0.2) is 9.97 Å². The minimum atomic E-state index is -5.15. The lowest BCUT2D eigenvalue weighted by molar-refractivity contribution is -0.385. The molecule has 0 saturated carbocycles. The molecule has 2 heterocycles. The van der Waals surface area contributed by atoms with Crippen LogP contribution in [0.2, 0.25) is 0 Å². The molecule has 0 radical (unpaired) electrons. The number of carbonyl (C=O) groups is 1. The van der Waals surface area contributed by atoms with E-state index >= 15 is 0 Å². The van der Waals surface area contributed by atoms with Crippen molar-refractivity contribution < 1.29 is 36.1 Å². The first kappa shape index (κ1) is 23.6. The summed E-state index contributed by atoms with van der Waals surface area (Å²) in [6.07, 6.45) is -6.83. The van der Waals surface area contributed by atoms with Gasteiger partial charge in [-0.1, -0.05) is 0 Å². The number of halogens is 6. The molecule has 1 atom stereocenters. The maximum absolute atomic E-state index is 13.1. The smallest absolute Gasteiger partial charge is 0.344 e. The Labute approximate surface area is 180 Å². The molecule has 174 valence electrons. The highest BCUT2D eigenvalue weighted by atomic mass is 19.4. The van der Waals surface area contributed by atoms with E-state index in [0.29, 0.717) is 0 Å². The fourth-order valence-corrected chi connectivity index (χ4v) is 2.89. The lowest BCUT2D eigenvalue weighted by Gasteiger charge is -2.17. The minimum Gasteiger partial charge on any atom is -0.344 e. The Balaban J connectivity index is 2.01. The number of amides is 1. The third-order valence-electron chi connectivity index (χ3n) is 4.33. The molecule has 1 unspecified atom stereocenters. The summed E-state index contributed by atoms with van der Waals surface area (Å²) in [5, 5.41) is 17.4. The number of alkyl halides is 6. The summed E-state index contributed by atoms with van der Waals surface area (Å²) in [5.41, 5.74) is -5.11. The van der Waals surface area contributed by atoms with Crippen LogP contribution in [0.25, 0.3) is 5.95 Å². The number of nitrogens with zero attached hydrogens (tertiary/aromatic N) is 5. The Morgan fingerprint density at radius 3 is 2.09 bits per heavy atom. The number of hydrogen-bond acceptors (Lipinski definition) is 6. The van der Waals surface area contributed by atoms with Crippen LogP contribution in [-0.2, 0) is 12.4 Å². The van der Waals surface area contributed by atoms with Gasteiger partial charge in [0, 0.05) is 18.0 Å². The monoisotopic (exact) mass is 474 g/mol. The first-order chi connectivity index (χ1) is 15.3. The molecule has 33 heavy (non-hydrogen) atoms. The second kappa shape index (κ2) is 8.48. The Hall–Kier alpha value is -4.04. The molecule has 0 saturated heterocycles. The molecule has 0 aliphatic carbocycles. The summed E-state index contributed by atoms with van der Waals surface area (Å²) < 4.78 is 79.3. The Kier molecular flexibility index (Phi) is 6.07. The molecule has 1 aromatic carbocycles. The van der Waals surface area contributed by atoms with E-state index in [2.05, 4.69) is 20.4 Å². The molecule has 3 aromatic rings. The highest BCUT2D eigenvalue weighted by Crippen LogP contribution is 2.36. The van der Waals surface area contributed by atoms with Gasteiger partial charge in [0.1, 0.15) is 11.9 Å². The molecule has 15 heteroatoms. The van der Waals surface area contributed by atoms with Gasteiger partial charge in [-0.2, -0.15) is 36.1 Å². The molecule has 0 bridgehead atoms. The number of hydrogen-bond donors (Lipinski definition) is 1. The maximum atomic E-state index is 13.1. The van der Waals surface area contributed by atoms with Crippen molar-refractivity contribution in [2.24, 2.45) is 0 Å². The first-order valence-electron chi connectivity index (χ1n) is 8.89. The molecule has 0 spiro atoms. The van der Waals surface area contributed by atoms with E-state index in [-0.39, 0.29) is 29.8 Å². The SMILES string of the molecule is CC(NC(=O)c1cc(C(F)(F)F)cc(C(F)(F)F)c1)c1c([N+](=O)[O-])cnn1-c1ncccn1. The van der Waals surface area contributed by atoms with E-state index in [0.717, 1.165) is 10.9 Å². The standard InChI is InChI=1S/C18H12F6N6O3/c1-9(14-13(30(32)33)8-27-29(14)16-25-3-2-4-26-16)28-15(31)10-5-11(17(19,20)21)7-12(6-10)18(22,23)24/h2-9H,1H3,(H,28,31). The fraction of sp³-hybridized carbons (Fsp3) is 0.222. The Morgan fingerprint density at radius 1 is 1.06 bits per heavy atom. The van der Waals surface area contributed by atoms with Crippen LogP contribution in [0.4, 0.5) is 32.0 Å².